The maximum atomic E-state index is 12.8. The molecule has 0 aliphatic carbocycles. The van der Waals surface area contributed by atoms with Crippen molar-refractivity contribution in [3.8, 4) is 23.0 Å². The second-order valence-corrected chi connectivity index (χ2v) is 12.3. The number of ether oxygens (including phenoxy) is 6. The van der Waals surface area contributed by atoms with Crippen LogP contribution in [0.1, 0.15) is 54.7 Å². The van der Waals surface area contributed by atoms with Gasteiger partial charge in [0.2, 0.25) is 11.7 Å². The van der Waals surface area contributed by atoms with Crippen LogP contribution < -0.4 is 23.8 Å². The third kappa shape index (κ3) is 9.36. The number of hydrogen-bond acceptors (Lipinski definition) is 8. The van der Waals surface area contributed by atoms with Gasteiger partial charge in [-0.25, -0.2) is 4.79 Å². The predicted molar refractivity (Wildman–Crippen MR) is 185 cm³/mol. The molecule has 2 amide bonds. The number of carbonyl (C=O) groups is 2. The van der Waals surface area contributed by atoms with Gasteiger partial charge in [0, 0.05) is 44.8 Å². The minimum Gasteiger partial charge on any atom is -0.494 e. The SMILES string of the molecule is COCCCN1C(=O)CCc2ccc(COC3CN(C(=O)O)CCC3c3ccc(OCCCCOc4c(OC)cccc4OC)cc3)cc21. The van der Waals surface area contributed by atoms with Crippen LogP contribution in [0.5, 0.6) is 23.0 Å². The lowest BCUT2D eigenvalue weighted by Gasteiger charge is -2.37. The van der Waals surface area contributed by atoms with Gasteiger partial charge in [-0.15, -0.1) is 0 Å². The van der Waals surface area contributed by atoms with E-state index in [4.69, 9.17) is 28.4 Å². The second-order valence-electron chi connectivity index (χ2n) is 12.3. The van der Waals surface area contributed by atoms with E-state index in [1.807, 2.05) is 59.5 Å². The van der Waals surface area contributed by atoms with E-state index < -0.39 is 6.09 Å². The monoisotopic (exact) mass is 676 g/mol. The fourth-order valence-corrected chi connectivity index (χ4v) is 6.47. The summed E-state index contributed by atoms with van der Waals surface area (Å²) in [7, 11) is 4.87. The third-order valence-electron chi connectivity index (χ3n) is 9.12. The Hall–Kier alpha value is -4.48. The van der Waals surface area contributed by atoms with Crippen molar-refractivity contribution in [1.82, 2.24) is 4.90 Å². The summed E-state index contributed by atoms with van der Waals surface area (Å²) >= 11 is 0. The molecule has 0 aromatic heterocycles. The van der Waals surface area contributed by atoms with Gasteiger partial charge in [0.15, 0.2) is 11.5 Å². The summed E-state index contributed by atoms with van der Waals surface area (Å²) in [6, 6.07) is 19.7. The van der Waals surface area contributed by atoms with Gasteiger partial charge >= 0.3 is 6.09 Å². The van der Waals surface area contributed by atoms with Crippen molar-refractivity contribution in [3.63, 3.8) is 0 Å². The third-order valence-corrected chi connectivity index (χ3v) is 9.12. The van der Waals surface area contributed by atoms with Crippen molar-refractivity contribution in [1.29, 1.82) is 0 Å². The molecule has 0 spiro atoms. The molecule has 49 heavy (non-hydrogen) atoms. The number of fused-ring (bicyclic) bond motifs is 1. The van der Waals surface area contributed by atoms with Crippen molar-refractivity contribution < 1.29 is 43.1 Å². The zero-order valence-corrected chi connectivity index (χ0v) is 28.7. The molecular weight excluding hydrogens is 628 g/mol. The summed E-state index contributed by atoms with van der Waals surface area (Å²) in [6.45, 7) is 3.30. The van der Waals surface area contributed by atoms with Crippen LogP contribution in [-0.4, -0.2) is 88.9 Å². The molecule has 0 saturated carbocycles. The predicted octanol–water partition coefficient (Wildman–Crippen LogP) is 6.31. The lowest BCUT2D eigenvalue weighted by molar-refractivity contribution is -0.118. The maximum absolute atomic E-state index is 12.8. The van der Waals surface area contributed by atoms with Crippen LogP contribution in [0, 0.1) is 0 Å². The van der Waals surface area contributed by atoms with Crippen LogP contribution in [0.3, 0.4) is 0 Å². The lowest BCUT2D eigenvalue weighted by Crippen LogP contribution is -2.46. The number of anilines is 1. The highest BCUT2D eigenvalue weighted by Gasteiger charge is 2.33. The minimum absolute atomic E-state index is 0.0264. The fraction of sp³-hybridized carbons (Fsp3) is 0.474. The molecule has 3 aromatic rings. The molecule has 1 saturated heterocycles. The Morgan fingerprint density at radius 3 is 2.31 bits per heavy atom. The van der Waals surface area contributed by atoms with Crippen molar-refractivity contribution >= 4 is 17.7 Å². The molecule has 0 bridgehead atoms. The zero-order chi connectivity index (χ0) is 34.6. The molecular formula is C38H48N2O9. The highest BCUT2D eigenvalue weighted by atomic mass is 16.5. The number of nitrogens with zero attached hydrogens (tertiary/aromatic N) is 2. The van der Waals surface area contributed by atoms with Gasteiger partial charge in [0.25, 0.3) is 0 Å². The van der Waals surface area contributed by atoms with E-state index >= 15 is 0 Å². The number of methoxy groups -OCH3 is 3. The van der Waals surface area contributed by atoms with Crippen LogP contribution in [0.25, 0.3) is 0 Å². The summed E-state index contributed by atoms with van der Waals surface area (Å²) in [6.07, 6.45) is 2.98. The number of carboxylic acid groups (broad SMARTS) is 1. The van der Waals surface area contributed by atoms with Gasteiger partial charge in [-0.2, -0.15) is 0 Å². The van der Waals surface area contributed by atoms with Crippen LogP contribution in [-0.2, 0) is 27.3 Å². The molecule has 2 aliphatic rings. The largest absolute Gasteiger partial charge is 0.494 e. The molecule has 2 heterocycles. The van der Waals surface area contributed by atoms with E-state index in [1.54, 1.807) is 21.3 Å². The average Bonchev–Trinajstić information content (AvgIpc) is 3.13. The van der Waals surface area contributed by atoms with Gasteiger partial charge in [0.1, 0.15) is 5.75 Å². The smallest absolute Gasteiger partial charge is 0.407 e. The van der Waals surface area contributed by atoms with Crippen molar-refractivity contribution in [2.75, 3.05) is 65.7 Å². The number of amides is 2. The standard InChI is InChI=1S/C38H48N2O9/c1-44-21-7-19-40-32-24-27(10-11-29(32)14-17-36(40)41)26-49-35-25-39(38(42)43)20-18-31(35)28-12-15-30(16-13-28)47-22-4-5-23-48-37-33(45-2)8-6-9-34(37)46-3/h6,8-13,15-16,24,31,35H,4-5,7,14,17-23,25-26H2,1-3H3,(H,42,43). The molecule has 2 unspecified atom stereocenters. The molecule has 0 radical (unpaired) electrons. The first-order valence-electron chi connectivity index (χ1n) is 17.0. The molecule has 1 N–H and O–H groups in total. The van der Waals surface area contributed by atoms with Gasteiger partial charge in [-0.1, -0.05) is 30.3 Å². The molecule has 11 heteroatoms. The Kier molecular flexibility index (Phi) is 13.0. The highest BCUT2D eigenvalue weighted by Crippen LogP contribution is 2.37. The Morgan fingerprint density at radius 2 is 1.61 bits per heavy atom. The number of likely N-dealkylation sites (tertiary alicyclic amines) is 1. The van der Waals surface area contributed by atoms with E-state index in [2.05, 4.69) is 6.07 Å². The quantitative estimate of drug-likeness (QED) is 0.164. The molecule has 5 rings (SSSR count). The first kappa shape index (κ1) is 35.8. The summed E-state index contributed by atoms with van der Waals surface area (Å²) in [5.41, 5.74) is 4.12. The Morgan fingerprint density at radius 1 is 0.878 bits per heavy atom. The van der Waals surface area contributed by atoms with E-state index in [-0.39, 0.29) is 24.5 Å². The molecule has 2 atom stereocenters. The number of aryl methyl sites for hydroxylation is 1. The van der Waals surface area contributed by atoms with Gasteiger partial charge in [0.05, 0.1) is 46.7 Å². The normalized spacial score (nSPS) is 17.4. The maximum Gasteiger partial charge on any atom is 0.407 e. The van der Waals surface area contributed by atoms with E-state index in [0.29, 0.717) is 69.6 Å². The molecule has 1 fully saturated rings. The Bertz CT molecular complexity index is 1510. The van der Waals surface area contributed by atoms with Crippen LogP contribution >= 0.6 is 0 Å². The van der Waals surface area contributed by atoms with Gasteiger partial charge < -0.3 is 43.3 Å². The fourth-order valence-electron chi connectivity index (χ4n) is 6.47. The zero-order valence-electron chi connectivity index (χ0n) is 28.7. The Balaban J connectivity index is 1.15. The summed E-state index contributed by atoms with van der Waals surface area (Å²) < 4.78 is 34.4. The van der Waals surface area contributed by atoms with E-state index in [9.17, 15) is 14.7 Å². The lowest BCUT2D eigenvalue weighted by atomic mass is 9.87. The van der Waals surface area contributed by atoms with Gasteiger partial charge in [-0.05, 0) is 79.1 Å². The molecule has 264 valence electrons. The van der Waals surface area contributed by atoms with Crippen LogP contribution in [0.4, 0.5) is 10.5 Å². The molecule has 2 aliphatic heterocycles. The number of rotatable bonds is 17. The van der Waals surface area contributed by atoms with Crippen molar-refractivity contribution in [2.45, 2.75) is 57.2 Å². The van der Waals surface area contributed by atoms with Crippen LogP contribution in [0.2, 0.25) is 0 Å². The Labute approximate surface area is 288 Å². The second kappa shape index (κ2) is 17.8. The number of hydrogen-bond donors (Lipinski definition) is 1. The number of piperidine rings is 1. The van der Waals surface area contributed by atoms with E-state index in [0.717, 1.165) is 53.8 Å². The first-order chi connectivity index (χ1) is 23.9. The number of benzene rings is 3. The molecule has 11 nitrogen and oxygen atoms in total. The summed E-state index contributed by atoms with van der Waals surface area (Å²) in [5.74, 6) is 2.79. The highest BCUT2D eigenvalue weighted by molar-refractivity contribution is 5.96. The average molecular weight is 677 g/mol. The summed E-state index contributed by atoms with van der Waals surface area (Å²) in [4.78, 5) is 27.9. The van der Waals surface area contributed by atoms with Crippen molar-refractivity contribution in [2.24, 2.45) is 0 Å². The number of unbranched alkanes of at least 4 members (excludes halogenated alkanes) is 1. The van der Waals surface area contributed by atoms with Gasteiger partial charge in [-0.3, -0.25) is 4.79 Å². The van der Waals surface area contributed by atoms with Crippen molar-refractivity contribution in [3.05, 3.63) is 77.4 Å². The van der Waals surface area contributed by atoms with E-state index in [1.165, 1.54) is 4.90 Å². The number of para-hydroxylation sites is 1. The summed E-state index contributed by atoms with van der Waals surface area (Å²) in [5, 5.41) is 9.74. The topological polar surface area (TPSA) is 116 Å². The van der Waals surface area contributed by atoms with Crippen LogP contribution in [0.15, 0.2) is 60.7 Å². The molecule has 3 aromatic carbocycles. The number of carbonyl (C=O) groups excluding carboxylic acids is 1. The first-order valence-corrected chi connectivity index (χ1v) is 17.0. The minimum atomic E-state index is -0.942.